The van der Waals surface area contributed by atoms with E-state index >= 15 is 0 Å². The lowest BCUT2D eigenvalue weighted by atomic mass is 10.0. The van der Waals surface area contributed by atoms with Crippen molar-refractivity contribution in [3.05, 3.63) is 71.0 Å². The van der Waals surface area contributed by atoms with Gasteiger partial charge in [-0.3, -0.25) is 15.0 Å². The third-order valence-electron chi connectivity index (χ3n) is 4.51. The lowest BCUT2D eigenvalue weighted by Gasteiger charge is -2.06. The second-order valence-corrected chi connectivity index (χ2v) is 8.42. The molecule has 0 unspecified atom stereocenters. The highest BCUT2D eigenvalue weighted by molar-refractivity contribution is 7.91. The molecule has 0 aliphatic rings. The Morgan fingerprint density at radius 1 is 0.926 bits per heavy atom. The third-order valence-corrected chi connectivity index (χ3v) is 6.27. The smallest absolute Gasteiger partial charge is 0.274 e. The summed E-state index contributed by atoms with van der Waals surface area (Å²) in [6.45, 7) is 1.61. The van der Waals surface area contributed by atoms with Crippen LogP contribution in [0.5, 0.6) is 0 Å². The first-order valence-electron chi connectivity index (χ1n) is 8.49. The van der Waals surface area contributed by atoms with Gasteiger partial charge in [0.25, 0.3) is 5.56 Å². The minimum absolute atomic E-state index is 0.0413. The number of aromatic nitrogens is 3. The van der Waals surface area contributed by atoms with Crippen molar-refractivity contribution in [2.45, 2.75) is 11.8 Å². The van der Waals surface area contributed by atoms with Crippen molar-refractivity contribution in [1.29, 1.82) is 0 Å². The van der Waals surface area contributed by atoms with E-state index < -0.39 is 9.84 Å². The summed E-state index contributed by atoms with van der Waals surface area (Å²) in [7, 11) is -3.27. The minimum atomic E-state index is -3.27. The van der Waals surface area contributed by atoms with Crippen LogP contribution in [0, 0.1) is 0 Å². The second kappa shape index (κ2) is 6.51. The molecule has 0 amide bonds. The molecule has 0 aliphatic carbocycles. The summed E-state index contributed by atoms with van der Waals surface area (Å²) in [4.78, 5) is 17.3. The molecule has 27 heavy (non-hydrogen) atoms. The van der Waals surface area contributed by atoms with E-state index in [9.17, 15) is 13.2 Å². The van der Waals surface area contributed by atoms with Crippen LogP contribution in [0.15, 0.2) is 70.4 Å². The molecule has 136 valence electrons. The van der Waals surface area contributed by atoms with Crippen LogP contribution in [0.4, 0.5) is 0 Å². The standard InChI is InChI=1S/C20H17N3O3S/c1-2-27(25,26)15-10-7-14(8-11-15)19-18(20(24)23-22-19)17-12-9-13-5-3-4-6-16(13)21-17/h3-12H,2H2,1H3,(H2,22,23,24). The van der Waals surface area contributed by atoms with Gasteiger partial charge in [-0.15, -0.1) is 0 Å². The maximum atomic E-state index is 12.4. The molecule has 0 bridgehead atoms. The highest BCUT2D eigenvalue weighted by Gasteiger charge is 2.17. The van der Waals surface area contributed by atoms with Gasteiger partial charge in [-0.05, 0) is 24.3 Å². The first-order valence-corrected chi connectivity index (χ1v) is 10.1. The van der Waals surface area contributed by atoms with E-state index in [1.54, 1.807) is 37.3 Å². The summed E-state index contributed by atoms with van der Waals surface area (Å²) in [5.74, 6) is 0.0413. The molecule has 2 heterocycles. The number of benzene rings is 2. The van der Waals surface area contributed by atoms with Gasteiger partial charge in [-0.25, -0.2) is 13.4 Å². The molecule has 0 radical (unpaired) electrons. The number of rotatable bonds is 4. The molecule has 0 spiro atoms. The predicted octanol–water partition coefficient (Wildman–Crippen LogP) is 3.38. The minimum Gasteiger partial charge on any atom is -0.297 e. The Hall–Kier alpha value is -3.19. The molecule has 6 nitrogen and oxygen atoms in total. The van der Waals surface area contributed by atoms with Crippen LogP contribution in [-0.4, -0.2) is 29.4 Å². The Labute approximate surface area is 155 Å². The largest absolute Gasteiger partial charge is 0.297 e. The molecule has 0 fully saturated rings. The summed E-state index contributed by atoms with van der Waals surface area (Å²) in [6, 6.07) is 17.9. The summed E-state index contributed by atoms with van der Waals surface area (Å²) in [5, 5.41) is 6.47. The van der Waals surface area contributed by atoms with Crippen LogP contribution in [-0.2, 0) is 9.84 Å². The van der Waals surface area contributed by atoms with Gasteiger partial charge >= 0.3 is 0 Å². The summed E-state index contributed by atoms with van der Waals surface area (Å²) in [6.07, 6.45) is 0. The Bertz CT molecular complexity index is 1290. The Balaban J connectivity index is 1.83. The first-order chi connectivity index (χ1) is 13.0. The molecule has 0 saturated heterocycles. The fourth-order valence-corrected chi connectivity index (χ4v) is 3.90. The van der Waals surface area contributed by atoms with Crippen LogP contribution >= 0.6 is 0 Å². The molecule has 0 atom stereocenters. The van der Waals surface area contributed by atoms with E-state index in [0.29, 0.717) is 22.5 Å². The number of pyridine rings is 1. The number of aromatic amines is 2. The van der Waals surface area contributed by atoms with Crippen molar-refractivity contribution < 1.29 is 8.42 Å². The normalized spacial score (nSPS) is 11.7. The van der Waals surface area contributed by atoms with E-state index in [-0.39, 0.29) is 16.2 Å². The molecule has 2 aromatic carbocycles. The van der Waals surface area contributed by atoms with Crippen LogP contribution in [0.25, 0.3) is 33.4 Å². The van der Waals surface area contributed by atoms with Gasteiger partial charge in [-0.2, -0.15) is 0 Å². The summed E-state index contributed by atoms with van der Waals surface area (Å²) < 4.78 is 24.0. The lowest BCUT2D eigenvalue weighted by Crippen LogP contribution is -2.04. The fourth-order valence-electron chi connectivity index (χ4n) is 3.02. The molecule has 4 aromatic rings. The van der Waals surface area contributed by atoms with Gasteiger partial charge in [0, 0.05) is 10.9 Å². The van der Waals surface area contributed by atoms with Crippen molar-refractivity contribution in [3.8, 4) is 22.5 Å². The molecule has 4 rings (SSSR count). The Kier molecular flexibility index (Phi) is 4.16. The van der Waals surface area contributed by atoms with Crippen molar-refractivity contribution in [2.24, 2.45) is 0 Å². The highest BCUT2D eigenvalue weighted by Crippen LogP contribution is 2.28. The molecular formula is C20H17N3O3S. The highest BCUT2D eigenvalue weighted by atomic mass is 32.2. The van der Waals surface area contributed by atoms with Crippen LogP contribution in [0.2, 0.25) is 0 Å². The molecular weight excluding hydrogens is 362 g/mol. The van der Waals surface area contributed by atoms with Gasteiger partial charge in [-0.1, -0.05) is 43.3 Å². The van der Waals surface area contributed by atoms with Crippen molar-refractivity contribution in [1.82, 2.24) is 15.2 Å². The van der Waals surface area contributed by atoms with Gasteiger partial charge in [0.2, 0.25) is 0 Å². The number of H-pyrrole nitrogens is 2. The van der Waals surface area contributed by atoms with Gasteiger partial charge in [0.15, 0.2) is 9.84 Å². The van der Waals surface area contributed by atoms with Crippen molar-refractivity contribution in [2.75, 3.05) is 5.75 Å². The molecule has 7 heteroatoms. The number of nitrogens with one attached hydrogen (secondary N) is 2. The predicted molar refractivity (Wildman–Crippen MR) is 105 cm³/mol. The second-order valence-electron chi connectivity index (χ2n) is 6.15. The van der Waals surface area contributed by atoms with Crippen LogP contribution in [0.1, 0.15) is 6.92 Å². The average molecular weight is 379 g/mol. The van der Waals surface area contributed by atoms with Crippen molar-refractivity contribution in [3.63, 3.8) is 0 Å². The van der Waals surface area contributed by atoms with E-state index in [0.717, 1.165) is 10.9 Å². The summed E-state index contributed by atoms with van der Waals surface area (Å²) >= 11 is 0. The molecule has 2 aromatic heterocycles. The monoisotopic (exact) mass is 379 g/mol. The van der Waals surface area contributed by atoms with Crippen molar-refractivity contribution >= 4 is 20.7 Å². The number of para-hydroxylation sites is 1. The van der Waals surface area contributed by atoms with Crippen LogP contribution in [0.3, 0.4) is 0 Å². The zero-order valence-corrected chi connectivity index (χ0v) is 15.4. The number of hydrogen-bond donors (Lipinski definition) is 2. The van der Waals surface area contributed by atoms with E-state index in [4.69, 9.17) is 0 Å². The number of nitrogens with zero attached hydrogens (tertiary/aromatic N) is 1. The average Bonchev–Trinajstić information content (AvgIpc) is 3.09. The van der Waals surface area contributed by atoms with Gasteiger partial charge in [0.05, 0.1) is 33.1 Å². The maximum absolute atomic E-state index is 12.4. The number of sulfone groups is 1. The van der Waals surface area contributed by atoms with Gasteiger partial charge in [0.1, 0.15) is 0 Å². The molecule has 2 N–H and O–H groups in total. The number of hydrogen-bond acceptors (Lipinski definition) is 4. The van der Waals surface area contributed by atoms with E-state index in [2.05, 4.69) is 15.2 Å². The zero-order valence-electron chi connectivity index (χ0n) is 14.6. The third kappa shape index (κ3) is 3.06. The Morgan fingerprint density at radius 3 is 2.41 bits per heavy atom. The van der Waals surface area contributed by atoms with E-state index in [1.807, 2.05) is 30.3 Å². The zero-order chi connectivity index (χ0) is 19.0. The van der Waals surface area contributed by atoms with Gasteiger partial charge < -0.3 is 0 Å². The van der Waals surface area contributed by atoms with E-state index in [1.165, 1.54) is 0 Å². The SMILES string of the molecule is CCS(=O)(=O)c1ccc(-c2[nH][nH]c(=O)c2-c2ccc3ccccc3n2)cc1. The van der Waals surface area contributed by atoms with Crippen LogP contribution < -0.4 is 5.56 Å². The molecule has 0 aliphatic heterocycles. The lowest BCUT2D eigenvalue weighted by molar-refractivity contribution is 0.597. The topological polar surface area (TPSA) is 95.7 Å². The molecule has 0 saturated carbocycles. The first kappa shape index (κ1) is 17.2. The summed E-state index contributed by atoms with van der Waals surface area (Å²) in [5.41, 5.74) is 2.77. The quantitative estimate of drug-likeness (QED) is 0.568. The fraction of sp³-hybridized carbons (Fsp3) is 0.100. The Morgan fingerprint density at radius 2 is 1.67 bits per heavy atom. The number of fused-ring (bicyclic) bond motifs is 1. The maximum Gasteiger partial charge on any atom is 0.274 e.